The summed E-state index contributed by atoms with van der Waals surface area (Å²) in [5, 5.41) is 13.9. The molecule has 0 spiro atoms. The largest absolute Gasteiger partial charge is 0.490 e. The van der Waals surface area contributed by atoms with Gasteiger partial charge in [0.05, 0.1) is 19.1 Å². The molecule has 0 bridgehead atoms. The van der Waals surface area contributed by atoms with Gasteiger partial charge in [-0.1, -0.05) is 25.3 Å². The van der Waals surface area contributed by atoms with Crippen molar-refractivity contribution >= 4 is 17.6 Å². The molecule has 0 aromatic heterocycles. The highest BCUT2D eigenvalue weighted by atomic mass is 16.6. The highest BCUT2D eigenvalue weighted by Gasteiger charge is 2.28. The van der Waals surface area contributed by atoms with Crippen LogP contribution in [-0.4, -0.2) is 37.1 Å². The molecule has 1 aliphatic rings. The predicted octanol–water partition coefficient (Wildman–Crippen LogP) is 2.38. The summed E-state index contributed by atoms with van der Waals surface area (Å²) >= 11 is 0. The zero-order valence-corrected chi connectivity index (χ0v) is 15.0. The molecule has 0 unspecified atom stereocenters. The molecule has 8 heteroatoms. The Balaban J connectivity index is 2.14. The van der Waals surface area contributed by atoms with Gasteiger partial charge in [-0.2, -0.15) is 0 Å². The number of ether oxygens (including phenoxy) is 2. The van der Waals surface area contributed by atoms with Crippen LogP contribution in [0.25, 0.3) is 0 Å². The van der Waals surface area contributed by atoms with Crippen molar-refractivity contribution in [1.82, 2.24) is 5.32 Å². The number of nitro groups is 1. The molecule has 1 atom stereocenters. The molecule has 1 N–H and O–H groups in total. The maximum atomic E-state index is 12.4. The monoisotopic (exact) mass is 364 g/mol. The zero-order valence-electron chi connectivity index (χ0n) is 15.0. The summed E-state index contributed by atoms with van der Waals surface area (Å²) in [6.07, 6.45) is 4.87. The quantitative estimate of drug-likeness (QED) is 0.452. The van der Waals surface area contributed by atoms with E-state index in [4.69, 9.17) is 9.47 Å². The van der Waals surface area contributed by atoms with Crippen LogP contribution in [0.4, 0.5) is 5.69 Å². The van der Waals surface area contributed by atoms with Gasteiger partial charge < -0.3 is 14.8 Å². The van der Waals surface area contributed by atoms with Crippen molar-refractivity contribution in [2.24, 2.45) is 5.92 Å². The van der Waals surface area contributed by atoms with Crippen LogP contribution < -0.4 is 10.1 Å². The Labute approximate surface area is 152 Å². The maximum Gasteiger partial charge on any atom is 0.328 e. The summed E-state index contributed by atoms with van der Waals surface area (Å²) in [7, 11) is 2.60. The van der Waals surface area contributed by atoms with E-state index in [0.717, 1.165) is 32.1 Å². The van der Waals surface area contributed by atoms with Crippen LogP contribution >= 0.6 is 0 Å². The van der Waals surface area contributed by atoms with Crippen LogP contribution in [-0.2, 0) is 20.7 Å². The molecule has 26 heavy (non-hydrogen) atoms. The molecule has 1 amide bonds. The van der Waals surface area contributed by atoms with E-state index >= 15 is 0 Å². The lowest BCUT2D eigenvalue weighted by molar-refractivity contribution is -0.385. The molecule has 2 rings (SSSR count). The fraction of sp³-hybridized carbons (Fsp3) is 0.556. The number of methoxy groups -OCH3 is 2. The molecule has 1 aromatic carbocycles. The fourth-order valence-corrected chi connectivity index (χ4v) is 3.23. The summed E-state index contributed by atoms with van der Waals surface area (Å²) in [4.78, 5) is 35.1. The normalized spacial score (nSPS) is 15.8. The SMILES string of the molecule is COC(=O)[C@H](Cc1ccc(OC)c([N+](=O)[O-])c1)NC(=O)C1CCCCC1. The van der Waals surface area contributed by atoms with Gasteiger partial charge >= 0.3 is 11.7 Å². The second-order valence-corrected chi connectivity index (χ2v) is 6.39. The molecule has 0 heterocycles. The first-order valence-corrected chi connectivity index (χ1v) is 8.65. The zero-order chi connectivity index (χ0) is 19.1. The number of nitrogens with one attached hydrogen (secondary N) is 1. The van der Waals surface area contributed by atoms with Crippen LogP contribution in [0, 0.1) is 16.0 Å². The van der Waals surface area contributed by atoms with E-state index in [0.29, 0.717) is 5.56 Å². The van der Waals surface area contributed by atoms with Gasteiger partial charge in [0.1, 0.15) is 6.04 Å². The van der Waals surface area contributed by atoms with Crippen LogP contribution in [0.5, 0.6) is 5.75 Å². The van der Waals surface area contributed by atoms with Crippen molar-refractivity contribution in [3.05, 3.63) is 33.9 Å². The third-order valence-electron chi connectivity index (χ3n) is 4.66. The first-order valence-electron chi connectivity index (χ1n) is 8.65. The third kappa shape index (κ3) is 4.93. The van der Waals surface area contributed by atoms with Gasteiger partial charge in [-0.15, -0.1) is 0 Å². The predicted molar refractivity (Wildman–Crippen MR) is 93.9 cm³/mol. The lowest BCUT2D eigenvalue weighted by Gasteiger charge is -2.24. The number of carbonyl (C=O) groups excluding carboxylic acids is 2. The minimum Gasteiger partial charge on any atom is -0.490 e. The van der Waals surface area contributed by atoms with Crippen molar-refractivity contribution in [2.75, 3.05) is 14.2 Å². The average molecular weight is 364 g/mol. The Morgan fingerprint density at radius 1 is 1.27 bits per heavy atom. The van der Waals surface area contributed by atoms with E-state index in [9.17, 15) is 19.7 Å². The van der Waals surface area contributed by atoms with Crippen LogP contribution in [0.15, 0.2) is 18.2 Å². The fourth-order valence-electron chi connectivity index (χ4n) is 3.23. The highest BCUT2D eigenvalue weighted by Crippen LogP contribution is 2.28. The summed E-state index contributed by atoms with van der Waals surface area (Å²) < 4.78 is 9.76. The van der Waals surface area contributed by atoms with Gasteiger partial charge in [-0.25, -0.2) is 4.79 Å². The van der Waals surface area contributed by atoms with Crippen LogP contribution in [0.1, 0.15) is 37.7 Å². The minimum absolute atomic E-state index is 0.0962. The maximum absolute atomic E-state index is 12.4. The van der Waals surface area contributed by atoms with Crippen molar-refractivity contribution in [3.8, 4) is 5.75 Å². The first kappa shape index (κ1) is 19.7. The first-order chi connectivity index (χ1) is 12.5. The summed E-state index contributed by atoms with van der Waals surface area (Å²) in [6.45, 7) is 0. The molecule has 142 valence electrons. The number of nitrogens with zero attached hydrogens (tertiary/aromatic N) is 1. The second kappa shape index (κ2) is 9.17. The Bertz CT molecular complexity index is 670. The van der Waals surface area contributed by atoms with E-state index in [1.807, 2.05) is 0 Å². The van der Waals surface area contributed by atoms with E-state index < -0.39 is 16.9 Å². The average Bonchev–Trinajstić information content (AvgIpc) is 2.67. The molecule has 1 aromatic rings. The summed E-state index contributed by atoms with van der Waals surface area (Å²) in [5.41, 5.74) is 0.351. The Morgan fingerprint density at radius 3 is 2.54 bits per heavy atom. The molecule has 8 nitrogen and oxygen atoms in total. The number of nitro benzene ring substituents is 1. The molecule has 1 saturated carbocycles. The number of amides is 1. The van der Waals surface area contributed by atoms with Crippen LogP contribution in [0.3, 0.4) is 0 Å². The Kier molecular flexibility index (Phi) is 6.94. The van der Waals surface area contributed by atoms with Gasteiger partial charge in [-0.3, -0.25) is 14.9 Å². The highest BCUT2D eigenvalue weighted by molar-refractivity contribution is 5.86. The van der Waals surface area contributed by atoms with Crippen molar-refractivity contribution in [3.63, 3.8) is 0 Å². The minimum atomic E-state index is -0.887. The number of esters is 1. The van der Waals surface area contributed by atoms with Crippen LogP contribution in [0.2, 0.25) is 0 Å². The lowest BCUT2D eigenvalue weighted by atomic mass is 9.88. The number of hydrogen-bond donors (Lipinski definition) is 1. The Hall–Kier alpha value is -2.64. The summed E-state index contributed by atoms with van der Waals surface area (Å²) in [5.74, 6) is -0.698. The standard InChI is InChI=1S/C18H24N2O6/c1-25-16-9-8-12(11-15(16)20(23)24)10-14(18(22)26-2)19-17(21)13-6-4-3-5-7-13/h8-9,11,13-14H,3-7,10H2,1-2H3,(H,19,21)/t14-/m0/s1. The van der Waals surface area contributed by atoms with Crippen molar-refractivity contribution < 1.29 is 24.0 Å². The molecular formula is C18H24N2O6. The van der Waals surface area contributed by atoms with Gasteiger partial charge in [0.15, 0.2) is 5.75 Å². The number of benzene rings is 1. The van der Waals surface area contributed by atoms with E-state index in [-0.39, 0.29) is 29.7 Å². The van der Waals surface area contributed by atoms with Gasteiger partial charge in [0.25, 0.3) is 0 Å². The van der Waals surface area contributed by atoms with E-state index in [2.05, 4.69) is 5.32 Å². The van der Waals surface area contributed by atoms with E-state index in [1.165, 1.54) is 26.4 Å². The van der Waals surface area contributed by atoms with Gasteiger partial charge in [-0.05, 0) is 24.5 Å². The lowest BCUT2D eigenvalue weighted by Crippen LogP contribution is -2.45. The molecule has 0 saturated heterocycles. The molecule has 0 aliphatic heterocycles. The topological polar surface area (TPSA) is 108 Å². The molecule has 0 radical (unpaired) electrons. The summed E-state index contributed by atoms with van der Waals surface area (Å²) in [6, 6.07) is 3.57. The molecular weight excluding hydrogens is 340 g/mol. The molecule has 1 fully saturated rings. The Morgan fingerprint density at radius 2 is 1.96 bits per heavy atom. The van der Waals surface area contributed by atoms with Gasteiger partial charge in [0.2, 0.25) is 5.91 Å². The van der Waals surface area contributed by atoms with Crippen molar-refractivity contribution in [1.29, 1.82) is 0 Å². The second-order valence-electron chi connectivity index (χ2n) is 6.39. The van der Waals surface area contributed by atoms with Gasteiger partial charge in [0, 0.05) is 18.4 Å². The number of carbonyl (C=O) groups is 2. The third-order valence-corrected chi connectivity index (χ3v) is 4.66. The number of rotatable bonds is 7. The van der Waals surface area contributed by atoms with Crippen molar-refractivity contribution in [2.45, 2.75) is 44.6 Å². The molecule has 1 aliphatic carbocycles. The number of hydrogen-bond acceptors (Lipinski definition) is 6. The van der Waals surface area contributed by atoms with E-state index in [1.54, 1.807) is 6.07 Å². The smallest absolute Gasteiger partial charge is 0.328 e.